The molecule has 0 spiro atoms. The van der Waals surface area contributed by atoms with Gasteiger partial charge in [0.05, 0.1) is 11.7 Å². The zero-order valence-electron chi connectivity index (χ0n) is 13.7. The molecule has 1 atom stereocenters. The Bertz CT molecular complexity index is 1040. The highest BCUT2D eigenvalue weighted by atomic mass is 32.2. The quantitative estimate of drug-likeness (QED) is 0.665. The molecule has 0 radical (unpaired) electrons. The molecule has 0 N–H and O–H groups in total. The molecule has 2 heterocycles. The van der Waals surface area contributed by atoms with Gasteiger partial charge in [0, 0.05) is 5.56 Å². The van der Waals surface area contributed by atoms with Crippen molar-refractivity contribution in [3.8, 4) is 0 Å². The SMILES string of the molecule is C=C1c2ccc(C)cc2C(c2ccccc2)N1S(=O)(=O)c1cccs1. The lowest BCUT2D eigenvalue weighted by molar-refractivity contribution is 0.483. The van der Waals surface area contributed by atoms with Gasteiger partial charge in [-0.1, -0.05) is 66.7 Å². The summed E-state index contributed by atoms with van der Waals surface area (Å²) < 4.78 is 28.4. The van der Waals surface area contributed by atoms with Gasteiger partial charge in [0.25, 0.3) is 10.0 Å². The summed E-state index contributed by atoms with van der Waals surface area (Å²) in [5.41, 5.74) is 4.43. The van der Waals surface area contributed by atoms with E-state index in [-0.39, 0.29) is 0 Å². The highest BCUT2D eigenvalue weighted by molar-refractivity contribution is 7.91. The molecule has 1 aromatic heterocycles. The van der Waals surface area contributed by atoms with Gasteiger partial charge >= 0.3 is 0 Å². The molecule has 1 aliphatic heterocycles. The largest absolute Gasteiger partial charge is 0.274 e. The maximum Gasteiger partial charge on any atom is 0.274 e. The van der Waals surface area contributed by atoms with Gasteiger partial charge in [0.15, 0.2) is 0 Å². The number of rotatable bonds is 3. The number of nitrogens with zero attached hydrogens (tertiary/aromatic N) is 1. The van der Waals surface area contributed by atoms with Crippen molar-refractivity contribution in [2.75, 3.05) is 0 Å². The third-order valence-corrected chi connectivity index (χ3v) is 7.61. The lowest BCUT2D eigenvalue weighted by Gasteiger charge is -2.27. The monoisotopic (exact) mass is 367 g/mol. The Hall–Kier alpha value is -2.37. The minimum absolute atomic E-state index is 0.333. The molecule has 1 unspecified atom stereocenters. The Balaban J connectivity index is 1.96. The van der Waals surface area contributed by atoms with Gasteiger partial charge in [-0.2, -0.15) is 0 Å². The van der Waals surface area contributed by atoms with Crippen LogP contribution in [0.15, 0.2) is 76.8 Å². The van der Waals surface area contributed by atoms with E-state index in [4.69, 9.17) is 0 Å². The Labute approximate surface area is 151 Å². The van der Waals surface area contributed by atoms with E-state index >= 15 is 0 Å². The fourth-order valence-corrected chi connectivity index (χ4v) is 6.00. The second-order valence-corrected chi connectivity index (χ2v) is 9.07. The highest BCUT2D eigenvalue weighted by Gasteiger charge is 2.42. The summed E-state index contributed by atoms with van der Waals surface area (Å²) in [6, 6.07) is 18.7. The van der Waals surface area contributed by atoms with E-state index in [0.717, 1.165) is 22.3 Å². The van der Waals surface area contributed by atoms with Crippen LogP contribution in [0.1, 0.15) is 28.3 Å². The Morgan fingerprint density at radius 3 is 2.48 bits per heavy atom. The summed E-state index contributed by atoms with van der Waals surface area (Å²) in [4.78, 5) is 0. The first-order valence-corrected chi connectivity index (χ1v) is 10.2. The normalized spacial score (nSPS) is 16.9. The van der Waals surface area contributed by atoms with Crippen LogP contribution in [0.25, 0.3) is 5.70 Å². The summed E-state index contributed by atoms with van der Waals surface area (Å²) in [6.45, 7) is 6.13. The number of benzene rings is 2. The fraction of sp³-hybridized carbons (Fsp3) is 0.100. The van der Waals surface area contributed by atoms with E-state index < -0.39 is 16.1 Å². The van der Waals surface area contributed by atoms with Crippen LogP contribution >= 0.6 is 11.3 Å². The Kier molecular flexibility index (Phi) is 3.78. The molecule has 0 amide bonds. The van der Waals surface area contributed by atoms with E-state index in [1.54, 1.807) is 17.5 Å². The number of thiophene rings is 1. The van der Waals surface area contributed by atoms with Crippen molar-refractivity contribution < 1.29 is 8.42 Å². The van der Waals surface area contributed by atoms with Crippen LogP contribution in [0.3, 0.4) is 0 Å². The van der Waals surface area contributed by atoms with Crippen LogP contribution in [0.4, 0.5) is 0 Å². The number of fused-ring (bicyclic) bond motifs is 1. The lowest BCUT2D eigenvalue weighted by atomic mass is 9.96. The minimum atomic E-state index is -3.67. The minimum Gasteiger partial charge on any atom is -0.254 e. The van der Waals surface area contributed by atoms with Crippen LogP contribution in [-0.2, 0) is 10.0 Å². The van der Waals surface area contributed by atoms with Gasteiger partial charge in [-0.05, 0) is 29.5 Å². The van der Waals surface area contributed by atoms with Crippen molar-refractivity contribution in [1.82, 2.24) is 4.31 Å². The molecule has 1 aliphatic rings. The van der Waals surface area contributed by atoms with E-state index in [9.17, 15) is 8.42 Å². The molecule has 0 saturated carbocycles. The van der Waals surface area contributed by atoms with Gasteiger partial charge in [0.2, 0.25) is 0 Å². The number of sulfonamides is 1. The second-order valence-electron chi connectivity index (χ2n) is 6.08. The summed E-state index contributed by atoms with van der Waals surface area (Å²) in [5.74, 6) is 0. The molecule has 0 bridgehead atoms. The molecular formula is C20H17NO2S2. The molecule has 0 saturated heterocycles. The average Bonchev–Trinajstić information content (AvgIpc) is 3.23. The predicted octanol–water partition coefficient (Wildman–Crippen LogP) is 4.82. The first-order chi connectivity index (χ1) is 12.0. The van der Waals surface area contributed by atoms with Gasteiger partial charge in [-0.25, -0.2) is 8.42 Å². The number of hydrogen-bond acceptors (Lipinski definition) is 3. The summed E-state index contributed by atoms with van der Waals surface area (Å²) in [7, 11) is -3.67. The molecule has 3 aromatic rings. The van der Waals surface area contributed by atoms with Crippen molar-refractivity contribution >= 4 is 27.1 Å². The average molecular weight is 367 g/mol. The zero-order chi connectivity index (χ0) is 17.6. The maximum atomic E-state index is 13.3. The van der Waals surface area contributed by atoms with Gasteiger partial charge in [-0.15, -0.1) is 11.3 Å². The van der Waals surface area contributed by atoms with Crippen LogP contribution in [-0.4, -0.2) is 12.7 Å². The molecule has 5 heteroatoms. The molecule has 3 nitrogen and oxygen atoms in total. The molecular weight excluding hydrogens is 350 g/mol. The van der Waals surface area contributed by atoms with Crippen molar-refractivity contribution in [2.24, 2.45) is 0 Å². The van der Waals surface area contributed by atoms with Crippen LogP contribution < -0.4 is 0 Å². The lowest BCUT2D eigenvalue weighted by Crippen LogP contribution is -2.29. The highest BCUT2D eigenvalue weighted by Crippen LogP contribution is 2.48. The fourth-order valence-electron chi connectivity index (χ4n) is 3.31. The second kappa shape index (κ2) is 5.86. The first-order valence-electron chi connectivity index (χ1n) is 7.93. The number of aryl methyl sites for hydroxylation is 1. The Morgan fingerprint density at radius 2 is 1.80 bits per heavy atom. The van der Waals surface area contributed by atoms with E-state index in [1.807, 2.05) is 49.4 Å². The smallest absolute Gasteiger partial charge is 0.254 e. The van der Waals surface area contributed by atoms with E-state index in [0.29, 0.717) is 9.91 Å². The predicted molar refractivity (Wildman–Crippen MR) is 102 cm³/mol. The van der Waals surface area contributed by atoms with Gasteiger partial charge in [-0.3, -0.25) is 4.31 Å². The first kappa shape index (κ1) is 16.1. The van der Waals surface area contributed by atoms with Crippen LogP contribution in [0.5, 0.6) is 0 Å². The summed E-state index contributed by atoms with van der Waals surface area (Å²) in [6.07, 6.45) is 0. The summed E-state index contributed by atoms with van der Waals surface area (Å²) in [5, 5.41) is 1.78. The van der Waals surface area contributed by atoms with Crippen molar-refractivity contribution in [2.45, 2.75) is 17.2 Å². The van der Waals surface area contributed by atoms with Crippen LogP contribution in [0, 0.1) is 6.92 Å². The van der Waals surface area contributed by atoms with Crippen molar-refractivity contribution in [3.63, 3.8) is 0 Å². The van der Waals surface area contributed by atoms with E-state index in [1.165, 1.54) is 15.6 Å². The zero-order valence-corrected chi connectivity index (χ0v) is 15.3. The molecule has 4 rings (SSSR count). The third-order valence-electron chi connectivity index (χ3n) is 4.44. The topological polar surface area (TPSA) is 37.4 Å². The maximum absolute atomic E-state index is 13.3. The summed E-state index contributed by atoms with van der Waals surface area (Å²) >= 11 is 1.23. The molecule has 0 aliphatic carbocycles. The van der Waals surface area contributed by atoms with E-state index in [2.05, 4.69) is 12.6 Å². The number of hydrogen-bond donors (Lipinski definition) is 0. The molecule has 2 aromatic carbocycles. The van der Waals surface area contributed by atoms with Crippen LogP contribution in [0.2, 0.25) is 0 Å². The molecule has 126 valence electrons. The standard InChI is InChI=1S/C20H17NO2S2/c1-14-10-11-17-15(2)21(25(22,23)19-9-6-12-24-19)20(18(17)13-14)16-7-4-3-5-8-16/h3-13,20H,2H2,1H3. The van der Waals surface area contributed by atoms with Gasteiger partial charge in [0.1, 0.15) is 4.21 Å². The molecule has 0 fully saturated rings. The van der Waals surface area contributed by atoms with Crippen molar-refractivity contribution in [3.05, 3.63) is 94.9 Å². The molecule has 25 heavy (non-hydrogen) atoms. The Morgan fingerprint density at radius 1 is 1.04 bits per heavy atom. The van der Waals surface area contributed by atoms with Crippen molar-refractivity contribution in [1.29, 1.82) is 0 Å². The third kappa shape index (κ3) is 2.51. The van der Waals surface area contributed by atoms with Gasteiger partial charge < -0.3 is 0 Å².